The lowest BCUT2D eigenvalue weighted by atomic mass is 10.2. The average Bonchev–Trinajstić information content (AvgIpc) is 2.61. The van der Waals surface area contributed by atoms with Crippen LogP contribution in [0.25, 0.3) is 0 Å². The Morgan fingerprint density at radius 3 is 2.31 bits per heavy atom. The molecule has 0 aliphatic rings. The Kier molecular flexibility index (Phi) is 6.10. The van der Waals surface area contributed by atoms with Crippen molar-refractivity contribution in [2.45, 2.75) is 13.0 Å². The van der Waals surface area contributed by atoms with E-state index in [1.807, 2.05) is 6.07 Å². The number of nitrogens with one attached hydrogen (secondary N) is 1. The minimum absolute atomic E-state index is 0.327. The summed E-state index contributed by atoms with van der Waals surface area (Å²) >= 11 is 0. The number of sulfonamides is 1. The number of hydrogen-bond donors (Lipinski definition) is 1. The maximum atomic E-state index is 12.3. The summed E-state index contributed by atoms with van der Waals surface area (Å²) in [5, 5.41) is 2.75. The highest BCUT2D eigenvalue weighted by atomic mass is 32.2. The molecule has 2 aromatic rings. The van der Waals surface area contributed by atoms with E-state index in [0.29, 0.717) is 22.9 Å². The zero-order chi connectivity index (χ0) is 19.3. The van der Waals surface area contributed by atoms with E-state index in [1.54, 1.807) is 49.4 Å². The van der Waals surface area contributed by atoms with Crippen molar-refractivity contribution in [3.05, 3.63) is 48.5 Å². The molecular weight excluding hydrogens is 356 g/mol. The second-order valence-corrected chi connectivity index (χ2v) is 7.69. The fourth-order valence-electron chi connectivity index (χ4n) is 2.17. The molecule has 0 unspecified atom stereocenters. The minimum atomic E-state index is -3.33. The number of rotatable bonds is 7. The van der Waals surface area contributed by atoms with E-state index in [0.717, 1.165) is 10.6 Å². The lowest BCUT2D eigenvalue weighted by Gasteiger charge is -2.18. The molecule has 140 valence electrons. The number of amides is 1. The van der Waals surface area contributed by atoms with Gasteiger partial charge >= 0.3 is 0 Å². The van der Waals surface area contributed by atoms with Crippen LogP contribution in [0, 0.1) is 0 Å². The van der Waals surface area contributed by atoms with E-state index in [4.69, 9.17) is 9.47 Å². The first-order valence-corrected chi connectivity index (χ1v) is 9.71. The van der Waals surface area contributed by atoms with Crippen molar-refractivity contribution < 1.29 is 22.7 Å². The average molecular weight is 378 g/mol. The highest BCUT2D eigenvalue weighted by Crippen LogP contribution is 2.24. The Morgan fingerprint density at radius 2 is 1.73 bits per heavy atom. The van der Waals surface area contributed by atoms with Gasteiger partial charge in [-0.1, -0.05) is 12.1 Å². The molecule has 0 saturated heterocycles. The molecular formula is C18H22N2O5S. The van der Waals surface area contributed by atoms with Gasteiger partial charge in [-0.25, -0.2) is 8.42 Å². The topological polar surface area (TPSA) is 84.9 Å². The number of benzene rings is 2. The molecule has 0 bridgehead atoms. The van der Waals surface area contributed by atoms with Crippen LogP contribution in [0.3, 0.4) is 0 Å². The molecule has 8 heteroatoms. The van der Waals surface area contributed by atoms with Crippen molar-refractivity contribution in [2.24, 2.45) is 0 Å². The number of anilines is 2. The summed E-state index contributed by atoms with van der Waals surface area (Å²) in [7, 11) is -0.335. The largest absolute Gasteiger partial charge is 0.495 e. The maximum Gasteiger partial charge on any atom is 0.265 e. The standard InChI is InChI=1S/C18H22N2O5S/c1-13(18(21)19-16-7-5-6-8-17(16)24-3)25-15-11-9-14(10-12-15)20(2)26(4,22)23/h5-13H,1-4H3,(H,19,21)/t13-/m1/s1. The Labute approximate surface area is 153 Å². The number of nitrogens with zero attached hydrogens (tertiary/aromatic N) is 1. The van der Waals surface area contributed by atoms with Crippen LogP contribution in [0.5, 0.6) is 11.5 Å². The first kappa shape index (κ1) is 19.6. The highest BCUT2D eigenvalue weighted by molar-refractivity contribution is 7.92. The summed E-state index contributed by atoms with van der Waals surface area (Å²) in [6.07, 6.45) is 0.375. The van der Waals surface area contributed by atoms with Crippen LogP contribution in [0.15, 0.2) is 48.5 Å². The molecule has 1 atom stereocenters. The lowest BCUT2D eigenvalue weighted by molar-refractivity contribution is -0.122. The fraction of sp³-hybridized carbons (Fsp3) is 0.278. The van der Waals surface area contributed by atoms with Gasteiger partial charge in [0.05, 0.1) is 24.7 Å². The molecule has 7 nitrogen and oxygen atoms in total. The van der Waals surface area contributed by atoms with Gasteiger partial charge in [0.2, 0.25) is 10.0 Å². The second kappa shape index (κ2) is 8.09. The molecule has 0 spiro atoms. The first-order chi connectivity index (χ1) is 12.2. The van der Waals surface area contributed by atoms with Crippen molar-refractivity contribution in [3.63, 3.8) is 0 Å². The van der Waals surface area contributed by atoms with Crippen LogP contribution in [0.4, 0.5) is 11.4 Å². The van der Waals surface area contributed by atoms with Crippen molar-refractivity contribution >= 4 is 27.3 Å². The molecule has 0 aliphatic heterocycles. The third kappa shape index (κ3) is 4.89. The molecule has 1 N–H and O–H groups in total. The Bertz CT molecular complexity index is 865. The van der Waals surface area contributed by atoms with Gasteiger partial charge in [-0.2, -0.15) is 0 Å². The summed E-state index contributed by atoms with van der Waals surface area (Å²) in [6, 6.07) is 13.5. The van der Waals surface area contributed by atoms with E-state index in [9.17, 15) is 13.2 Å². The molecule has 0 aliphatic carbocycles. The molecule has 0 aromatic heterocycles. The second-order valence-electron chi connectivity index (χ2n) is 5.67. The van der Waals surface area contributed by atoms with Gasteiger partial charge in [0.25, 0.3) is 5.91 Å². The molecule has 2 aromatic carbocycles. The Hall–Kier alpha value is -2.74. The Balaban J connectivity index is 2.03. The van der Waals surface area contributed by atoms with Crippen molar-refractivity contribution in [2.75, 3.05) is 30.0 Å². The van der Waals surface area contributed by atoms with Gasteiger partial charge in [-0.3, -0.25) is 9.10 Å². The number of carbonyl (C=O) groups is 1. The van der Waals surface area contributed by atoms with E-state index in [2.05, 4.69) is 5.32 Å². The molecule has 26 heavy (non-hydrogen) atoms. The smallest absolute Gasteiger partial charge is 0.265 e. The lowest BCUT2D eigenvalue weighted by Crippen LogP contribution is -2.30. The molecule has 0 fully saturated rings. The summed E-state index contributed by atoms with van der Waals surface area (Å²) in [4.78, 5) is 12.3. The number of ether oxygens (including phenoxy) is 2. The van der Waals surface area contributed by atoms with Crippen molar-refractivity contribution in [3.8, 4) is 11.5 Å². The van der Waals surface area contributed by atoms with E-state index < -0.39 is 16.1 Å². The molecule has 0 heterocycles. The van der Waals surface area contributed by atoms with Crippen LogP contribution in [-0.2, 0) is 14.8 Å². The van der Waals surface area contributed by atoms with Crippen LogP contribution < -0.4 is 19.1 Å². The van der Waals surface area contributed by atoms with E-state index in [-0.39, 0.29) is 5.91 Å². The number of methoxy groups -OCH3 is 1. The summed E-state index contributed by atoms with van der Waals surface area (Å²) in [5.74, 6) is 0.686. The zero-order valence-corrected chi connectivity index (χ0v) is 15.9. The monoisotopic (exact) mass is 378 g/mol. The van der Waals surface area contributed by atoms with E-state index >= 15 is 0 Å². The van der Waals surface area contributed by atoms with Crippen LogP contribution in [0.2, 0.25) is 0 Å². The summed E-state index contributed by atoms with van der Waals surface area (Å²) in [6.45, 7) is 1.63. The van der Waals surface area contributed by atoms with Gasteiger partial charge in [-0.15, -0.1) is 0 Å². The quantitative estimate of drug-likeness (QED) is 0.800. The predicted molar refractivity (Wildman–Crippen MR) is 101 cm³/mol. The zero-order valence-electron chi connectivity index (χ0n) is 15.1. The third-order valence-corrected chi connectivity index (χ3v) is 4.95. The molecule has 1 amide bonds. The van der Waals surface area contributed by atoms with Gasteiger partial charge in [0.1, 0.15) is 11.5 Å². The van der Waals surface area contributed by atoms with Gasteiger partial charge in [-0.05, 0) is 43.3 Å². The first-order valence-electron chi connectivity index (χ1n) is 7.87. The maximum absolute atomic E-state index is 12.3. The molecule has 2 rings (SSSR count). The summed E-state index contributed by atoms with van der Waals surface area (Å²) < 4.78 is 35.1. The molecule has 0 radical (unpaired) electrons. The van der Waals surface area contributed by atoms with Crippen LogP contribution in [0.1, 0.15) is 6.92 Å². The third-order valence-electron chi connectivity index (χ3n) is 3.74. The summed E-state index contributed by atoms with van der Waals surface area (Å²) in [5.41, 5.74) is 1.06. The SMILES string of the molecule is COc1ccccc1NC(=O)[C@@H](C)Oc1ccc(N(C)S(C)(=O)=O)cc1. The Morgan fingerprint density at radius 1 is 1.12 bits per heavy atom. The number of para-hydroxylation sites is 2. The normalized spacial score (nSPS) is 12.2. The predicted octanol–water partition coefficient (Wildman–Crippen LogP) is 2.50. The fourth-order valence-corrected chi connectivity index (χ4v) is 2.67. The van der Waals surface area contributed by atoms with Crippen LogP contribution >= 0.6 is 0 Å². The molecule has 0 saturated carbocycles. The van der Waals surface area contributed by atoms with Crippen molar-refractivity contribution in [1.82, 2.24) is 0 Å². The minimum Gasteiger partial charge on any atom is -0.495 e. The van der Waals surface area contributed by atoms with Gasteiger partial charge in [0, 0.05) is 7.05 Å². The van der Waals surface area contributed by atoms with Crippen LogP contribution in [-0.4, -0.2) is 40.8 Å². The number of hydrogen-bond acceptors (Lipinski definition) is 5. The van der Waals surface area contributed by atoms with E-state index in [1.165, 1.54) is 14.2 Å². The number of carbonyl (C=O) groups excluding carboxylic acids is 1. The van der Waals surface area contributed by atoms with Gasteiger partial charge in [0.15, 0.2) is 6.10 Å². The van der Waals surface area contributed by atoms with Crippen molar-refractivity contribution in [1.29, 1.82) is 0 Å². The highest BCUT2D eigenvalue weighted by Gasteiger charge is 2.17. The van der Waals surface area contributed by atoms with Gasteiger partial charge < -0.3 is 14.8 Å².